The lowest BCUT2D eigenvalue weighted by Gasteiger charge is -2.20. The van der Waals surface area contributed by atoms with E-state index in [1.54, 1.807) is 32.2 Å². The molecule has 33 heavy (non-hydrogen) atoms. The van der Waals surface area contributed by atoms with Gasteiger partial charge in [0.05, 0.1) is 18.0 Å². The number of fused-ring (bicyclic) bond motifs is 1. The third-order valence-corrected chi connectivity index (χ3v) is 5.29. The normalized spacial score (nSPS) is 15.2. The highest BCUT2D eigenvalue weighted by Gasteiger charge is 2.31. The van der Waals surface area contributed by atoms with E-state index in [1.807, 2.05) is 0 Å². The van der Waals surface area contributed by atoms with E-state index >= 15 is 0 Å². The van der Waals surface area contributed by atoms with Gasteiger partial charge in [-0.1, -0.05) is 12.1 Å². The molecule has 1 N–H and O–H groups in total. The van der Waals surface area contributed by atoms with E-state index in [0.717, 1.165) is 18.2 Å². The van der Waals surface area contributed by atoms with Crippen molar-refractivity contribution in [1.29, 1.82) is 0 Å². The highest BCUT2D eigenvalue weighted by Crippen LogP contribution is 2.34. The lowest BCUT2D eigenvalue weighted by Crippen LogP contribution is -2.49. The van der Waals surface area contributed by atoms with Crippen molar-refractivity contribution in [1.82, 2.24) is 10.3 Å². The molecule has 1 aliphatic heterocycles. The number of nitrogens with zero attached hydrogens (tertiary/aromatic N) is 3. The summed E-state index contributed by atoms with van der Waals surface area (Å²) < 4.78 is 33.6. The van der Waals surface area contributed by atoms with E-state index in [-0.39, 0.29) is 23.6 Å². The van der Waals surface area contributed by atoms with Gasteiger partial charge in [-0.25, -0.2) is 18.6 Å². The van der Waals surface area contributed by atoms with Gasteiger partial charge in [-0.15, -0.1) is 0 Å². The molecular formula is C24H18F2N4O3. The number of benzene rings is 2. The Bertz CT molecular complexity index is 1320. The van der Waals surface area contributed by atoms with Crippen molar-refractivity contribution in [2.75, 3.05) is 18.6 Å². The molecule has 0 radical (unpaired) electrons. The third kappa shape index (κ3) is 4.23. The van der Waals surface area contributed by atoms with Gasteiger partial charge in [0.1, 0.15) is 35.7 Å². The zero-order valence-electron chi connectivity index (χ0n) is 17.7. The minimum Gasteiger partial charge on any atom is -0.490 e. The second kappa shape index (κ2) is 8.67. The fraction of sp³-hybridized carbons (Fsp3) is 0.167. The first-order valence-electron chi connectivity index (χ1n) is 9.94. The number of ether oxygens (including phenoxy) is 1. The number of nitrogens with one attached hydrogen (secondary N) is 1. The van der Waals surface area contributed by atoms with Gasteiger partial charge in [-0.2, -0.15) is 0 Å². The molecule has 3 aromatic rings. The fourth-order valence-corrected chi connectivity index (χ4v) is 3.50. The second-order valence-electron chi connectivity index (χ2n) is 7.48. The molecule has 0 unspecified atom stereocenters. The molecular weight excluding hydrogens is 430 g/mol. The number of hydrogen-bond acceptors (Lipinski definition) is 4. The number of hydrogen-bond donors (Lipinski definition) is 1. The second-order valence-corrected chi connectivity index (χ2v) is 7.48. The van der Waals surface area contributed by atoms with Gasteiger partial charge in [0, 0.05) is 12.6 Å². The van der Waals surface area contributed by atoms with Crippen LogP contribution in [-0.4, -0.2) is 36.5 Å². The minimum atomic E-state index is -1.02. The molecule has 0 bridgehead atoms. The predicted octanol–water partition coefficient (Wildman–Crippen LogP) is 4.04. The molecule has 1 aliphatic rings. The summed E-state index contributed by atoms with van der Waals surface area (Å²) >= 11 is 0. The first-order chi connectivity index (χ1) is 15.8. The summed E-state index contributed by atoms with van der Waals surface area (Å²) in [6.07, 6.45) is 0. The van der Waals surface area contributed by atoms with Crippen LogP contribution >= 0.6 is 0 Å². The summed E-state index contributed by atoms with van der Waals surface area (Å²) in [5.41, 5.74) is 1.38. The number of carbonyl (C=O) groups is 2. The lowest BCUT2D eigenvalue weighted by atomic mass is 10.1. The number of aryl methyl sites for hydroxylation is 1. The zero-order valence-corrected chi connectivity index (χ0v) is 17.7. The van der Waals surface area contributed by atoms with E-state index in [4.69, 9.17) is 11.3 Å². The predicted molar refractivity (Wildman–Crippen MR) is 117 cm³/mol. The Morgan fingerprint density at radius 2 is 2.00 bits per heavy atom. The van der Waals surface area contributed by atoms with Crippen LogP contribution in [0, 0.1) is 25.1 Å². The first-order valence-corrected chi connectivity index (χ1v) is 9.94. The van der Waals surface area contributed by atoms with Crippen molar-refractivity contribution in [2.24, 2.45) is 0 Å². The highest BCUT2D eigenvalue weighted by molar-refractivity contribution is 6.03. The summed E-state index contributed by atoms with van der Waals surface area (Å²) in [6, 6.07) is 9.69. The summed E-state index contributed by atoms with van der Waals surface area (Å²) in [5, 5.41) is 2.60. The van der Waals surface area contributed by atoms with Gasteiger partial charge >= 0.3 is 0 Å². The van der Waals surface area contributed by atoms with Gasteiger partial charge in [-0.3, -0.25) is 9.59 Å². The topological polar surface area (TPSA) is 75.9 Å². The number of rotatable bonds is 3. The molecule has 166 valence electrons. The van der Waals surface area contributed by atoms with Gasteiger partial charge in [0.25, 0.3) is 11.8 Å². The highest BCUT2D eigenvalue weighted by atomic mass is 19.1. The van der Waals surface area contributed by atoms with Gasteiger partial charge in [-0.05, 0) is 48.9 Å². The van der Waals surface area contributed by atoms with Crippen LogP contribution in [0.2, 0.25) is 0 Å². The summed E-state index contributed by atoms with van der Waals surface area (Å²) in [6.45, 7) is 8.65. The molecule has 0 saturated carbocycles. The number of carbonyl (C=O) groups excluding carboxylic acids is 2. The van der Waals surface area contributed by atoms with E-state index in [1.165, 1.54) is 17.0 Å². The smallest absolute Gasteiger partial charge is 0.270 e. The maximum Gasteiger partial charge on any atom is 0.270 e. The van der Waals surface area contributed by atoms with Crippen molar-refractivity contribution in [2.45, 2.75) is 13.0 Å². The number of halogens is 2. The molecule has 1 atom stereocenters. The molecule has 0 fully saturated rings. The fourth-order valence-electron chi connectivity index (χ4n) is 3.50. The number of aromatic nitrogens is 1. The molecule has 0 saturated heterocycles. The average Bonchev–Trinajstić information content (AvgIpc) is 2.92. The van der Waals surface area contributed by atoms with Crippen LogP contribution in [0.5, 0.6) is 5.75 Å². The summed E-state index contributed by atoms with van der Waals surface area (Å²) in [4.78, 5) is 34.7. The largest absolute Gasteiger partial charge is 0.490 e. The maximum atomic E-state index is 14.3. The van der Waals surface area contributed by atoms with Gasteiger partial charge in [0.15, 0.2) is 5.69 Å². The summed E-state index contributed by atoms with van der Waals surface area (Å²) in [7, 11) is 1.54. The molecule has 1 aromatic heterocycles. The molecule has 7 nitrogen and oxygen atoms in total. The number of pyridine rings is 1. The average molecular weight is 448 g/mol. The van der Waals surface area contributed by atoms with Crippen molar-refractivity contribution in [3.63, 3.8) is 0 Å². The van der Waals surface area contributed by atoms with E-state index < -0.39 is 29.5 Å². The van der Waals surface area contributed by atoms with Crippen LogP contribution in [-0.2, 0) is 4.79 Å². The van der Waals surface area contributed by atoms with Gasteiger partial charge in [0.2, 0.25) is 0 Å². The van der Waals surface area contributed by atoms with Crippen molar-refractivity contribution in [3.05, 3.63) is 82.8 Å². The van der Waals surface area contributed by atoms with Crippen LogP contribution in [0.25, 0.3) is 16.1 Å². The van der Waals surface area contributed by atoms with Crippen molar-refractivity contribution in [3.8, 4) is 17.0 Å². The quantitative estimate of drug-likeness (QED) is 0.614. The van der Waals surface area contributed by atoms with Crippen LogP contribution in [0.1, 0.15) is 16.1 Å². The Morgan fingerprint density at radius 3 is 2.76 bits per heavy atom. The van der Waals surface area contributed by atoms with E-state index in [2.05, 4.69) is 15.1 Å². The molecule has 2 amide bonds. The van der Waals surface area contributed by atoms with E-state index in [9.17, 15) is 18.4 Å². The lowest BCUT2D eigenvalue weighted by molar-refractivity contribution is -0.120. The number of likely N-dealkylation sites (N-methyl/N-ethyl adjacent to an activating group) is 1. The Labute approximate surface area is 188 Å². The standard InChI is InChI=1S/C24H18F2N4O3/c1-13-4-8-18(28-22(13)16-10-14(25)5-7-17(16)26)23(31)29-19-12-33-21-11-15(27-2)6-9-20(21)30(3)24(19)32/h4-11,19H,12H2,1,3H3,(H,29,31)/t19-/m0/s1. The molecule has 0 aliphatic carbocycles. The van der Waals surface area contributed by atoms with Crippen molar-refractivity contribution < 1.29 is 23.1 Å². The molecule has 2 aromatic carbocycles. The molecule has 0 spiro atoms. The monoisotopic (exact) mass is 448 g/mol. The maximum absolute atomic E-state index is 14.3. The number of anilines is 1. The zero-order chi connectivity index (χ0) is 23.7. The number of amides is 2. The Hall–Kier alpha value is -4.32. The van der Waals surface area contributed by atoms with Crippen LogP contribution in [0.15, 0.2) is 48.5 Å². The van der Waals surface area contributed by atoms with Crippen LogP contribution < -0.4 is 15.0 Å². The first kappa shape index (κ1) is 21.9. The molecule has 2 heterocycles. The Morgan fingerprint density at radius 1 is 1.21 bits per heavy atom. The van der Waals surface area contributed by atoms with Crippen LogP contribution in [0.4, 0.5) is 20.2 Å². The summed E-state index contributed by atoms with van der Waals surface area (Å²) in [5.74, 6) is -2.03. The third-order valence-electron chi connectivity index (χ3n) is 5.29. The van der Waals surface area contributed by atoms with Gasteiger partial charge < -0.3 is 15.0 Å². The van der Waals surface area contributed by atoms with Crippen LogP contribution in [0.3, 0.4) is 0 Å². The molecule has 4 rings (SSSR count). The Balaban J connectivity index is 1.59. The SMILES string of the molecule is [C-]#[N+]c1ccc2c(c1)OC[C@H](NC(=O)c1ccc(C)c(-c3cc(F)ccc3F)n1)C(=O)N2C. The molecule has 9 heteroatoms. The minimum absolute atomic E-state index is 0.0632. The van der Waals surface area contributed by atoms with E-state index in [0.29, 0.717) is 22.7 Å². The Kier molecular flexibility index (Phi) is 5.75. The van der Waals surface area contributed by atoms with Crippen molar-refractivity contribution >= 4 is 23.2 Å².